The number of esters is 1. The van der Waals surface area contributed by atoms with Crippen molar-refractivity contribution in [3.63, 3.8) is 0 Å². The highest BCUT2D eigenvalue weighted by Gasteiger charge is 2.14. The predicted octanol–water partition coefficient (Wildman–Crippen LogP) is 0.492. The van der Waals surface area contributed by atoms with E-state index in [-0.39, 0.29) is 12.4 Å². The maximum absolute atomic E-state index is 11.1. The zero-order valence-corrected chi connectivity index (χ0v) is 12.2. The summed E-state index contributed by atoms with van der Waals surface area (Å²) in [6, 6.07) is 0. The molecule has 0 bridgehead atoms. The predicted molar refractivity (Wildman–Crippen MR) is 71.1 cm³/mol. The molecule has 0 atom stereocenters. The minimum Gasteiger partial charge on any atom is -0.550 e. The quantitative estimate of drug-likeness (QED) is 0.251. The molecule has 0 aliphatic heterocycles. The number of nitrogens with zero attached hydrogens (tertiary/aromatic N) is 1. The first-order chi connectivity index (χ1) is 8.87. The van der Waals surface area contributed by atoms with E-state index in [9.17, 15) is 14.7 Å². The Morgan fingerprint density at radius 2 is 1.79 bits per heavy atom. The van der Waals surface area contributed by atoms with Crippen LogP contribution in [0.5, 0.6) is 0 Å². The van der Waals surface area contributed by atoms with Crippen LogP contribution in [0.4, 0.5) is 0 Å². The summed E-state index contributed by atoms with van der Waals surface area (Å²) >= 11 is 0. The second kappa shape index (κ2) is 9.55. The van der Waals surface area contributed by atoms with E-state index < -0.39 is 5.97 Å². The number of rotatable bonds is 10. The van der Waals surface area contributed by atoms with Crippen molar-refractivity contribution >= 4 is 11.9 Å². The summed E-state index contributed by atoms with van der Waals surface area (Å²) in [6.07, 6.45) is 5.50. The Bertz CT molecular complexity index is 311. The fraction of sp³-hybridized carbons (Fsp3) is 0.714. The molecule has 0 N–H and O–H groups in total. The average Bonchev–Trinajstić information content (AvgIpc) is 2.31. The number of allylic oxidation sites excluding steroid dienone is 1. The van der Waals surface area contributed by atoms with Crippen LogP contribution in [0, 0.1) is 0 Å². The zero-order valence-electron chi connectivity index (χ0n) is 12.2. The third-order valence-electron chi connectivity index (χ3n) is 2.85. The van der Waals surface area contributed by atoms with Crippen LogP contribution in [0.1, 0.15) is 32.6 Å². The third kappa shape index (κ3) is 11.5. The van der Waals surface area contributed by atoms with Crippen molar-refractivity contribution in [1.82, 2.24) is 0 Å². The van der Waals surface area contributed by atoms with E-state index in [0.717, 1.165) is 30.4 Å². The fourth-order valence-electron chi connectivity index (χ4n) is 1.77. The van der Waals surface area contributed by atoms with E-state index in [0.29, 0.717) is 13.0 Å². The van der Waals surface area contributed by atoms with Crippen LogP contribution in [0.25, 0.3) is 0 Å². The summed E-state index contributed by atoms with van der Waals surface area (Å²) < 4.78 is 5.81. The summed E-state index contributed by atoms with van der Waals surface area (Å²) in [5.74, 6) is -1.29. The van der Waals surface area contributed by atoms with Gasteiger partial charge in [0.2, 0.25) is 0 Å². The standard InChI is InChI=1S/C14H25NO4/c1-4-8-14(18)19-12-7-11-15(2,3)10-6-5-9-13(16)17/h4,8H,5-7,9-12H2,1-3H3. The maximum Gasteiger partial charge on any atom is 0.330 e. The number of carbonyl (C=O) groups excluding carboxylic acids is 2. The van der Waals surface area contributed by atoms with Crippen molar-refractivity contribution < 1.29 is 23.9 Å². The number of aliphatic carboxylic acids is 1. The van der Waals surface area contributed by atoms with Crippen LogP contribution in [-0.4, -0.2) is 50.2 Å². The lowest BCUT2D eigenvalue weighted by Crippen LogP contribution is -2.41. The Balaban J connectivity index is 3.66. The van der Waals surface area contributed by atoms with Crippen molar-refractivity contribution in [3.8, 4) is 0 Å². The molecule has 0 unspecified atom stereocenters. The molecule has 19 heavy (non-hydrogen) atoms. The summed E-state index contributed by atoms with van der Waals surface area (Å²) in [4.78, 5) is 21.3. The number of ether oxygens (including phenoxy) is 1. The van der Waals surface area contributed by atoms with Crippen molar-refractivity contribution in [2.24, 2.45) is 0 Å². The number of hydrogen-bond acceptors (Lipinski definition) is 4. The number of carbonyl (C=O) groups is 2. The lowest BCUT2D eigenvalue weighted by atomic mass is 10.2. The molecule has 0 saturated heterocycles. The highest BCUT2D eigenvalue weighted by molar-refractivity contribution is 5.81. The first-order valence-corrected chi connectivity index (χ1v) is 6.68. The van der Waals surface area contributed by atoms with E-state index in [1.165, 1.54) is 6.08 Å². The van der Waals surface area contributed by atoms with Gasteiger partial charge in [-0.1, -0.05) is 6.08 Å². The highest BCUT2D eigenvalue weighted by Crippen LogP contribution is 2.05. The van der Waals surface area contributed by atoms with Crippen LogP contribution in [-0.2, 0) is 14.3 Å². The molecule has 0 aliphatic rings. The number of carboxylic acids is 1. The van der Waals surface area contributed by atoms with Crippen LogP contribution in [0.3, 0.4) is 0 Å². The van der Waals surface area contributed by atoms with Gasteiger partial charge in [-0.3, -0.25) is 0 Å². The SMILES string of the molecule is CC=CC(=O)OCCC[N+](C)(C)CCCCC(=O)[O-]. The molecule has 0 heterocycles. The number of hydrogen-bond donors (Lipinski definition) is 0. The molecule has 0 aromatic carbocycles. The molecule has 0 fully saturated rings. The van der Waals surface area contributed by atoms with Crippen LogP contribution < -0.4 is 5.11 Å². The summed E-state index contributed by atoms with van der Waals surface area (Å²) in [7, 11) is 4.18. The van der Waals surface area contributed by atoms with Gasteiger partial charge in [-0.25, -0.2) is 4.79 Å². The molecule has 5 heteroatoms. The molecule has 110 valence electrons. The second-order valence-corrected chi connectivity index (χ2v) is 5.23. The lowest BCUT2D eigenvalue weighted by molar-refractivity contribution is -0.890. The first kappa shape index (κ1) is 17.6. The van der Waals surface area contributed by atoms with Crippen LogP contribution in [0.2, 0.25) is 0 Å². The van der Waals surface area contributed by atoms with Crippen molar-refractivity contribution in [1.29, 1.82) is 0 Å². The van der Waals surface area contributed by atoms with Crippen molar-refractivity contribution in [3.05, 3.63) is 12.2 Å². The lowest BCUT2D eigenvalue weighted by Gasteiger charge is -2.29. The third-order valence-corrected chi connectivity index (χ3v) is 2.85. The van der Waals surface area contributed by atoms with Crippen LogP contribution >= 0.6 is 0 Å². The fourth-order valence-corrected chi connectivity index (χ4v) is 1.77. The van der Waals surface area contributed by atoms with Crippen molar-refractivity contribution in [2.45, 2.75) is 32.6 Å². The Morgan fingerprint density at radius 3 is 2.37 bits per heavy atom. The highest BCUT2D eigenvalue weighted by atomic mass is 16.5. The molecule has 0 aromatic heterocycles. The normalized spacial score (nSPS) is 11.7. The maximum atomic E-state index is 11.1. The largest absolute Gasteiger partial charge is 0.550 e. The van der Waals surface area contributed by atoms with E-state index in [4.69, 9.17) is 4.74 Å². The number of carboxylic acid groups (broad SMARTS) is 1. The van der Waals surface area contributed by atoms with Gasteiger partial charge in [0.1, 0.15) is 0 Å². The van der Waals surface area contributed by atoms with Crippen LogP contribution in [0.15, 0.2) is 12.2 Å². The molecule has 0 rings (SSSR count). The molecule has 0 saturated carbocycles. The number of unbranched alkanes of at least 4 members (excludes halogenated alkanes) is 1. The molecular formula is C14H25NO4. The number of quaternary nitrogens is 1. The van der Waals surface area contributed by atoms with Gasteiger partial charge in [-0.05, 0) is 26.2 Å². The van der Waals surface area contributed by atoms with Gasteiger partial charge in [0, 0.05) is 18.5 Å². The van der Waals surface area contributed by atoms with Gasteiger partial charge in [-0.15, -0.1) is 0 Å². The topological polar surface area (TPSA) is 66.4 Å². The van der Waals surface area contributed by atoms with Crippen molar-refractivity contribution in [2.75, 3.05) is 33.8 Å². The van der Waals surface area contributed by atoms with E-state index in [2.05, 4.69) is 14.1 Å². The van der Waals surface area contributed by atoms with Gasteiger partial charge in [0.25, 0.3) is 0 Å². The minimum atomic E-state index is -0.985. The minimum absolute atomic E-state index is 0.126. The molecule has 0 aliphatic carbocycles. The average molecular weight is 271 g/mol. The van der Waals surface area contributed by atoms with Gasteiger partial charge < -0.3 is 19.1 Å². The van der Waals surface area contributed by atoms with Gasteiger partial charge in [0.05, 0.1) is 33.8 Å². The smallest absolute Gasteiger partial charge is 0.330 e. The molecule has 5 nitrogen and oxygen atoms in total. The van der Waals surface area contributed by atoms with E-state index >= 15 is 0 Å². The molecule has 0 radical (unpaired) electrons. The first-order valence-electron chi connectivity index (χ1n) is 6.68. The van der Waals surface area contributed by atoms with Gasteiger partial charge in [0.15, 0.2) is 0 Å². The second-order valence-electron chi connectivity index (χ2n) is 5.23. The van der Waals surface area contributed by atoms with Gasteiger partial charge >= 0.3 is 5.97 Å². The summed E-state index contributed by atoms with van der Waals surface area (Å²) in [6.45, 7) is 4.00. The Labute approximate surface area is 115 Å². The van der Waals surface area contributed by atoms with E-state index in [1.54, 1.807) is 13.0 Å². The molecule has 0 spiro atoms. The molecule has 0 amide bonds. The molecular weight excluding hydrogens is 246 g/mol. The summed E-state index contributed by atoms with van der Waals surface area (Å²) in [5, 5.41) is 10.3. The zero-order chi connectivity index (χ0) is 14.7. The van der Waals surface area contributed by atoms with Gasteiger partial charge in [-0.2, -0.15) is 0 Å². The summed E-state index contributed by atoms with van der Waals surface area (Å²) in [5.41, 5.74) is 0. The van der Waals surface area contributed by atoms with E-state index in [1.807, 2.05) is 0 Å². The Morgan fingerprint density at radius 1 is 1.16 bits per heavy atom. The monoisotopic (exact) mass is 271 g/mol. The Hall–Kier alpha value is -1.36. The molecule has 0 aromatic rings. The Kier molecular flexibility index (Phi) is 8.87.